The molecule has 4 heteroatoms. The van der Waals surface area contributed by atoms with Crippen molar-refractivity contribution in [1.82, 2.24) is 5.32 Å². The molecule has 3 saturated carbocycles. The highest BCUT2D eigenvalue weighted by Gasteiger charge is 2.61. The van der Waals surface area contributed by atoms with Crippen LogP contribution in [-0.4, -0.2) is 22.5 Å². The van der Waals surface area contributed by atoms with Crippen LogP contribution < -0.4 is 5.32 Å². The molecule has 3 rings (SSSR count). The SMILES string of the molecule is CC(=O)NC12CCCC(C(=O)O)(C1)C2. The summed E-state index contributed by atoms with van der Waals surface area (Å²) in [7, 11) is 0. The third-order valence-electron chi connectivity index (χ3n) is 3.56. The van der Waals surface area contributed by atoms with Gasteiger partial charge < -0.3 is 10.4 Å². The van der Waals surface area contributed by atoms with Gasteiger partial charge in [0.05, 0.1) is 5.41 Å². The van der Waals surface area contributed by atoms with Crippen molar-refractivity contribution in [2.24, 2.45) is 5.41 Å². The lowest BCUT2D eigenvalue weighted by Gasteiger charge is -2.58. The van der Waals surface area contributed by atoms with Crippen LogP contribution in [0.1, 0.15) is 39.0 Å². The van der Waals surface area contributed by atoms with E-state index in [9.17, 15) is 9.59 Å². The largest absolute Gasteiger partial charge is 0.481 e. The quantitative estimate of drug-likeness (QED) is 0.691. The minimum Gasteiger partial charge on any atom is -0.481 e. The van der Waals surface area contributed by atoms with Crippen LogP contribution in [0.25, 0.3) is 0 Å². The van der Waals surface area contributed by atoms with E-state index >= 15 is 0 Å². The molecule has 3 aliphatic carbocycles. The first kappa shape index (κ1) is 9.49. The molecule has 0 aromatic carbocycles. The predicted molar refractivity (Wildman–Crippen MR) is 49.7 cm³/mol. The topological polar surface area (TPSA) is 66.4 Å². The number of amides is 1. The van der Waals surface area contributed by atoms with E-state index in [1.165, 1.54) is 6.92 Å². The molecule has 0 radical (unpaired) electrons. The Hall–Kier alpha value is -1.06. The zero-order chi connectivity index (χ0) is 10.4. The fraction of sp³-hybridized carbons (Fsp3) is 0.800. The molecule has 0 heterocycles. The summed E-state index contributed by atoms with van der Waals surface area (Å²) in [5, 5.41) is 12.0. The third kappa shape index (κ3) is 1.21. The molecular weight excluding hydrogens is 182 g/mol. The van der Waals surface area contributed by atoms with E-state index in [4.69, 9.17) is 5.11 Å². The zero-order valence-corrected chi connectivity index (χ0v) is 8.30. The molecule has 0 aromatic heterocycles. The second kappa shape index (κ2) is 2.72. The first-order chi connectivity index (χ1) is 6.48. The van der Waals surface area contributed by atoms with Crippen molar-refractivity contribution in [3.63, 3.8) is 0 Å². The Labute approximate surface area is 82.7 Å². The van der Waals surface area contributed by atoms with Crippen LogP contribution in [0.15, 0.2) is 0 Å². The molecule has 3 aliphatic rings. The van der Waals surface area contributed by atoms with Gasteiger partial charge >= 0.3 is 5.97 Å². The molecule has 2 N–H and O–H groups in total. The van der Waals surface area contributed by atoms with Gasteiger partial charge in [0.15, 0.2) is 0 Å². The monoisotopic (exact) mass is 197 g/mol. The summed E-state index contributed by atoms with van der Waals surface area (Å²) in [4.78, 5) is 22.0. The fourth-order valence-electron chi connectivity index (χ4n) is 3.14. The van der Waals surface area contributed by atoms with Gasteiger partial charge in [0.25, 0.3) is 0 Å². The van der Waals surface area contributed by atoms with Crippen molar-refractivity contribution in [2.75, 3.05) is 0 Å². The summed E-state index contributed by atoms with van der Waals surface area (Å²) < 4.78 is 0. The van der Waals surface area contributed by atoms with Crippen molar-refractivity contribution in [2.45, 2.75) is 44.6 Å². The molecule has 4 nitrogen and oxygen atoms in total. The number of carboxylic acid groups (broad SMARTS) is 1. The normalized spacial score (nSPS) is 39.8. The minimum absolute atomic E-state index is 0.0501. The number of carboxylic acids is 1. The average molecular weight is 197 g/mol. The zero-order valence-electron chi connectivity index (χ0n) is 8.30. The molecule has 1 amide bonds. The van der Waals surface area contributed by atoms with Crippen molar-refractivity contribution < 1.29 is 14.7 Å². The van der Waals surface area contributed by atoms with Gasteiger partial charge in [-0.05, 0) is 32.1 Å². The van der Waals surface area contributed by atoms with E-state index in [2.05, 4.69) is 5.32 Å². The molecule has 0 aromatic rings. The predicted octanol–water partition coefficient (Wildman–Crippen LogP) is 0.910. The Bertz CT molecular complexity index is 292. The molecule has 0 unspecified atom stereocenters. The molecular formula is C10H15NO3. The van der Waals surface area contributed by atoms with Crippen molar-refractivity contribution in [1.29, 1.82) is 0 Å². The first-order valence-electron chi connectivity index (χ1n) is 5.00. The molecule has 0 saturated heterocycles. The summed E-state index contributed by atoms with van der Waals surface area (Å²) in [5.74, 6) is -0.746. The number of rotatable bonds is 2. The van der Waals surface area contributed by atoms with Crippen LogP contribution >= 0.6 is 0 Å². The van der Waals surface area contributed by atoms with Gasteiger partial charge in [-0.2, -0.15) is 0 Å². The summed E-state index contributed by atoms with van der Waals surface area (Å²) >= 11 is 0. The summed E-state index contributed by atoms with van der Waals surface area (Å²) in [6, 6.07) is 0. The highest BCUT2D eigenvalue weighted by molar-refractivity contribution is 5.79. The highest BCUT2D eigenvalue weighted by atomic mass is 16.4. The highest BCUT2D eigenvalue weighted by Crippen LogP contribution is 2.58. The van der Waals surface area contributed by atoms with E-state index in [0.717, 1.165) is 19.3 Å². The molecule has 0 aliphatic heterocycles. The molecule has 14 heavy (non-hydrogen) atoms. The first-order valence-corrected chi connectivity index (χ1v) is 5.00. The lowest BCUT2D eigenvalue weighted by molar-refractivity contribution is -0.169. The van der Waals surface area contributed by atoms with Gasteiger partial charge in [-0.15, -0.1) is 0 Å². The Morgan fingerprint density at radius 2 is 1.93 bits per heavy atom. The number of carbonyl (C=O) groups excluding carboxylic acids is 1. The van der Waals surface area contributed by atoms with Gasteiger partial charge in [-0.1, -0.05) is 0 Å². The molecule has 0 spiro atoms. The van der Waals surface area contributed by atoms with E-state index in [1.807, 2.05) is 0 Å². The van der Waals surface area contributed by atoms with Crippen molar-refractivity contribution in [3.8, 4) is 0 Å². The van der Waals surface area contributed by atoms with Gasteiger partial charge in [0.1, 0.15) is 0 Å². The van der Waals surface area contributed by atoms with Crippen LogP contribution in [0.4, 0.5) is 0 Å². The summed E-state index contributed by atoms with van der Waals surface area (Å²) in [5.41, 5.74) is -0.719. The Morgan fingerprint density at radius 1 is 1.29 bits per heavy atom. The van der Waals surface area contributed by atoms with E-state index in [-0.39, 0.29) is 11.4 Å². The number of carbonyl (C=O) groups is 2. The lowest BCUT2D eigenvalue weighted by Crippen LogP contribution is -2.66. The van der Waals surface area contributed by atoms with Gasteiger partial charge in [-0.3, -0.25) is 9.59 Å². The van der Waals surface area contributed by atoms with Gasteiger partial charge in [0, 0.05) is 12.5 Å². The maximum absolute atomic E-state index is 11.0. The van der Waals surface area contributed by atoms with Crippen molar-refractivity contribution >= 4 is 11.9 Å². The molecule has 2 bridgehead atoms. The van der Waals surface area contributed by atoms with E-state index in [1.54, 1.807) is 0 Å². The number of hydrogen-bond donors (Lipinski definition) is 2. The number of hydrogen-bond acceptors (Lipinski definition) is 2. The number of nitrogens with one attached hydrogen (secondary N) is 1. The maximum Gasteiger partial charge on any atom is 0.309 e. The van der Waals surface area contributed by atoms with Crippen LogP contribution in [-0.2, 0) is 9.59 Å². The standard InChI is InChI=1S/C10H15NO3/c1-7(12)11-10-4-2-3-9(5-10,6-10)8(13)14/h2-6H2,1H3,(H,11,12)(H,13,14). The van der Waals surface area contributed by atoms with Crippen LogP contribution in [0.5, 0.6) is 0 Å². The van der Waals surface area contributed by atoms with Gasteiger partial charge in [0.2, 0.25) is 5.91 Å². The molecule has 78 valence electrons. The third-order valence-corrected chi connectivity index (χ3v) is 3.56. The average Bonchev–Trinajstić information content (AvgIpc) is 2.01. The summed E-state index contributed by atoms with van der Waals surface area (Å²) in [6.07, 6.45) is 3.85. The smallest absolute Gasteiger partial charge is 0.309 e. The lowest BCUT2D eigenvalue weighted by atomic mass is 9.50. The Morgan fingerprint density at radius 3 is 2.43 bits per heavy atom. The minimum atomic E-state index is -0.696. The maximum atomic E-state index is 11.0. The molecule has 3 fully saturated rings. The molecule has 0 atom stereocenters. The summed E-state index contributed by atoms with van der Waals surface area (Å²) in [6.45, 7) is 1.49. The second-order valence-corrected chi connectivity index (χ2v) is 4.75. The second-order valence-electron chi connectivity index (χ2n) is 4.75. The fourth-order valence-corrected chi connectivity index (χ4v) is 3.14. The van der Waals surface area contributed by atoms with Gasteiger partial charge in [-0.25, -0.2) is 0 Å². The van der Waals surface area contributed by atoms with Crippen LogP contribution in [0, 0.1) is 5.41 Å². The number of aliphatic carboxylic acids is 1. The van der Waals surface area contributed by atoms with Crippen molar-refractivity contribution in [3.05, 3.63) is 0 Å². The van der Waals surface area contributed by atoms with E-state index < -0.39 is 11.4 Å². The Kier molecular flexibility index (Phi) is 1.84. The Balaban J connectivity index is 2.09. The number of fused-ring (bicyclic) bond motifs is 2. The van der Waals surface area contributed by atoms with E-state index in [0.29, 0.717) is 12.8 Å². The van der Waals surface area contributed by atoms with Crippen LogP contribution in [0.2, 0.25) is 0 Å². The van der Waals surface area contributed by atoms with Crippen LogP contribution in [0.3, 0.4) is 0 Å².